The fourth-order valence-corrected chi connectivity index (χ4v) is 3.85. The predicted molar refractivity (Wildman–Crippen MR) is 128 cm³/mol. The molecule has 13 heteroatoms. The third kappa shape index (κ3) is 10.3. The first-order valence-corrected chi connectivity index (χ1v) is 11.9. The van der Waals surface area contributed by atoms with E-state index >= 15 is 0 Å². The number of benzene rings is 1. The van der Waals surface area contributed by atoms with Crippen LogP contribution in [0, 0.1) is 0 Å². The molecular formula is C24H32N4O9. The van der Waals surface area contributed by atoms with Gasteiger partial charge in [0.05, 0.1) is 6.04 Å². The van der Waals surface area contributed by atoms with Gasteiger partial charge in [-0.05, 0) is 37.8 Å². The highest BCUT2D eigenvalue weighted by Gasteiger charge is 2.32. The van der Waals surface area contributed by atoms with Gasteiger partial charge < -0.3 is 36.6 Å². The van der Waals surface area contributed by atoms with E-state index in [0.717, 1.165) is 12.0 Å². The summed E-state index contributed by atoms with van der Waals surface area (Å²) in [4.78, 5) is 72.2. The zero-order valence-electron chi connectivity index (χ0n) is 20.1. The average Bonchev–Trinajstić information content (AvgIpc) is 3.39. The highest BCUT2D eigenvalue weighted by atomic mass is 16.4. The van der Waals surface area contributed by atoms with Crippen molar-refractivity contribution in [3.63, 3.8) is 0 Å². The average molecular weight is 521 g/mol. The van der Waals surface area contributed by atoms with Crippen molar-refractivity contribution in [2.45, 2.75) is 69.1 Å². The van der Waals surface area contributed by atoms with E-state index in [-0.39, 0.29) is 18.7 Å². The molecule has 0 aromatic heterocycles. The highest BCUT2D eigenvalue weighted by Crippen LogP contribution is 2.09. The number of hydrogen-bond donors (Lipinski definition) is 7. The topological polar surface area (TPSA) is 211 Å². The molecule has 1 fully saturated rings. The second kappa shape index (κ2) is 14.5. The van der Waals surface area contributed by atoms with E-state index in [1.54, 1.807) is 30.3 Å². The van der Waals surface area contributed by atoms with Gasteiger partial charge in [-0.3, -0.25) is 24.0 Å². The van der Waals surface area contributed by atoms with Gasteiger partial charge in [-0.1, -0.05) is 30.3 Å². The Hall–Kier alpha value is -4.00. The lowest BCUT2D eigenvalue weighted by atomic mass is 10.0. The molecule has 2 rings (SSSR count). The molecule has 0 bridgehead atoms. The monoisotopic (exact) mass is 520 g/mol. The van der Waals surface area contributed by atoms with Crippen LogP contribution in [0.2, 0.25) is 0 Å². The fourth-order valence-electron chi connectivity index (χ4n) is 3.85. The second-order valence-corrected chi connectivity index (χ2v) is 8.73. The van der Waals surface area contributed by atoms with Crippen LogP contribution in [0.4, 0.5) is 0 Å². The van der Waals surface area contributed by atoms with Crippen LogP contribution in [0.1, 0.15) is 44.1 Å². The number of aliphatic carboxylic acids is 3. The molecule has 4 atom stereocenters. The van der Waals surface area contributed by atoms with Crippen molar-refractivity contribution >= 4 is 35.6 Å². The summed E-state index contributed by atoms with van der Waals surface area (Å²) in [5.74, 6) is -6.09. The lowest BCUT2D eigenvalue weighted by molar-refractivity contribution is -0.144. The quantitative estimate of drug-likeness (QED) is 0.154. The number of amides is 3. The largest absolute Gasteiger partial charge is 0.481 e. The van der Waals surface area contributed by atoms with Gasteiger partial charge in [0.1, 0.15) is 18.1 Å². The highest BCUT2D eigenvalue weighted by molar-refractivity contribution is 5.94. The van der Waals surface area contributed by atoms with Gasteiger partial charge in [0.15, 0.2) is 0 Å². The second-order valence-electron chi connectivity index (χ2n) is 8.73. The van der Waals surface area contributed by atoms with E-state index in [4.69, 9.17) is 10.2 Å². The summed E-state index contributed by atoms with van der Waals surface area (Å²) in [7, 11) is 0. The normalized spacial score (nSPS) is 17.1. The molecule has 202 valence electrons. The minimum atomic E-state index is -1.55. The Balaban J connectivity index is 2.18. The summed E-state index contributed by atoms with van der Waals surface area (Å²) in [6.45, 7) is 0.664. The number of carboxylic acids is 3. The number of carbonyl (C=O) groups excluding carboxylic acids is 3. The lowest BCUT2D eigenvalue weighted by Crippen LogP contribution is -2.57. The van der Waals surface area contributed by atoms with E-state index in [2.05, 4.69) is 21.3 Å². The first-order chi connectivity index (χ1) is 17.6. The van der Waals surface area contributed by atoms with Crippen molar-refractivity contribution in [3.05, 3.63) is 35.9 Å². The van der Waals surface area contributed by atoms with Gasteiger partial charge in [0.2, 0.25) is 17.7 Å². The van der Waals surface area contributed by atoms with Gasteiger partial charge in [-0.25, -0.2) is 4.79 Å². The van der Waals surface area contributed by atoms with Crippen LogP contribution in [0.15, 0.2) is 30.3 Å². The van der Waals surface area contributed by atoms with Crippen LogP contribution in [-0.2, 0) is 35.2 Å². The molecule has 37 heavy (non-hydrogen) atoms. The molecular weight excluding hydrogens is 488 g/mol. The molecule has 0 aliphatic carbocycles. The van der Waals surface area contributed by atoms with Gasteiger partial charge in [0.25, 0.3) is 0 Å². The molecule has 0 radical (unpaired) electrons. The Morgan fingerprint density at radius 1 is 0.811 bits per heavy atom. The number of hydrogen-bond acceptors (Lipinski definition) is 7. The maximum absolute atomic E-state index is 13.2. The third-order valence-corrected chi connectivity index (χ3v) is 5.83. The van der Waals surface area contributed by atoms with Crippen LogP contribution in [0.3, 0.4) is 0 Å². The summed E-state index contributed by atoms with van der Waals surface area (Å²) in [5, 5.41) is 37.5. The van der Waals surface area contributed by atoms with Crippen LogP contribution in [-0.4, -0.2) is 81.7 Å². The molecule has 1 aliphatic rings. The van der Waals surface area contributed by atoms with Gasteiger partial charge in [-0.15, -0.1) is 0 Å². The maximum Gasteiger partial charge on any atom is 0.326 e. The Morgan fingerprint density at radius 2 is 1.38 bits per heavy atom. The summed E-state index contributed by atoms with van der Waals surface area (Å²) < 4.78 is 0. The SMILES string of the molecule is O=C(O)CCC(NC(=O)C(CCC(=O)O)NC(=O)C(Cc1ccccc1)NC(=O)C1CCCN1)C(=O)O. The van der Waals surface area contributed by atoms with Crippen molar-refractivity contribution in [3.8, 4) is 0 Å². The molecule has 1 aromatic rings. The summed E-state index contributed by atoms with van der Waals surface area (Å²) >= 11 is 0. The van der Waals surface area contributed by atoms with E-state index < -0.39 is 73.2 Å². The molecule has 4 unspecified atom stereocenters. The Bertz CT molecular complexity index is 980. The molecule has 1 aromatic carbocycles. The van der Waals surface area contributed by atoms with Crippen molar-refractivity contribution in [2.75, 3.05) is 6.54 Å². The van der Waals surface area contributed by atoms with Crippen molar-refractivity contribution < 1.29 is 44.1 Å². The predicted octanol–water partition coefficient (Wildman–Crippen LogP) is -0.750. The van der Waals surface area contributed by atoms with Crippen LogP contribution in [0.25, 0.3) is 0 Å². The minimum Gasteiger partial charge on any atom is -0.481 e. The molecule has 3 amide bonds. The van der Waals surface area contributed by atoms with E-state index in [0.29, 0.717) is 13.0 Å². The Morgan fingerprint density at radius 3 is 1.92 bits per heavy atom. The lowest BCUT2D eigenvalue weighted by Gasteiger charge is -2.25. The number of nitrogens with one attached hydrogen (secondary N) is 4. The first kappa shape index (κ1) is 29.2. The molecule has 13 nitrogen and oxygen atoms in total. The van der Waals surface area contributed by atoms with Crippen LogP contribution < -0.4 is 21.3 Å². The van der Waals surface area contributed by atoms with Crippen molar-refractivity contribution in [2.24, 2.45) is 0 Å². The first-order valence-electron chi connectivity index (χ1n) is 11.9. The maximum atomic E-state index is 13.2. The Kier molecular flexibility index (Phi) is 11.5. The zero-order valence-corrected chi connectivity index (χ0v) is 20.1. The molecule has 0 saturated carbocycles. The Labute approximate surface area is 213 Å². The number of rotatable bonds is 15. The summed E-state index contributed by atoms with van der Waals surface area (Å²) in [6, 6.07) is 4.27. The van der Waals surface area contributed by atoms with Gasteiger partial charge in [-0.2, -0.15) is 0 Å². The summed E-state index contributed by atoms with van der Waals surface area (Å²) in [5.41, 5.74) is 0.730. The zero-order chi connectivity index (χ0) is 27.4. The van der Waals surface area contributed by atoms with Crippen LogP contribution in [0.5, 0.6) is 0 Å². The van der Waals surface area contributed by atoms with E-state index in [1.807, 2.05) is 0 Å². The summed E-state index contributed by atoms with van der Waals surface area (Å²) in [6.07, 6.45) is -0.295. The molecule has 7 N–H and O–H groups in total. The van der Waals surface area contributed by atoms with E-state index in [9.17, 15) is 33.9 Å². The van der Waals surface area contributed by atoms with Crippen LogP contribution >= 0.6 is 0 Å². The molecule has 1 saturated heterocycles. The molecule has 0 spiro atoms. The molecule has 1 heterocycles. The minimum absolute atomic E-state index is 0.0920. The van der Waals surface area contributed by atoms with E-state index in [1.165, 1.54) is 0 Å². The third-order valence-electron chi connectivity index (χ3n) is 5.83. The fraction of sp³-hybridized carbons (Fsp3) is 0.500. The van der Waals surface area contributed by atoms with Gasteiger partial charge >= 0.3 is 17.9 Å². The standard InChI is InChI=1S/C24H32N4O9/c29-19(30)10-8-16(22(34)27-17(24(36)37)9-11-20(31)32)26-23(35)18(13-14-5-2-1-3-6-14)28-21(33)15-7-4-12-25-15/h1-3,5-6,15-18,25H,4,7-13H2,(H,26,35)(H,27,34)(H,28,33)(H,29,30)(H,31,32)(H,36,37). The number of carbonyl (C=O) groups is 6. The molecule has 1 aliphatic heterocycles. The number of carboxylic acid groups (broad SMARTS) is 3. The van der Waals surface area contributed by atoms with Gasteiger partial charge in [0, 0.05) is 19.3 Å². The van der Waals surface area contributed by atoms with Crippen molar-refractivity contribution in [1.29, 1.82) is 0 Å². The smallest absolute Gasteiger partial charge is 0.326 e. The van der Waals surface area contributed by atoms with Crippen molar-refractivity contribution in [1.82, 2.24) is 21.3 Å².